The normalized spacial score (nSPS) is 11.9. The van der Waals surface area contributed by atoms with Crippen LogP contribution in [0.15, 0.2) is 12.4 Å². The molecule has 7 heteroatoms. The van der Waals surface area contributed by atoms with Crippen LogP contribution in [0.2, 0.25) is 0 Å². The highest BCUT2D eigenvalue weighted by molar-refractivity contribution is 5.82. The van der Waals surface area contributed by atoms with Gasteiger partial charge in [-0.15, -0.1) is 0 Å². The number of aryl methyl sites for hydroxylation is 1. The summed E-state index contributed by atoms with van der Waals surface area (Å²) in [5, 5.41) is 15.7. The first-order valence-corrected chi connectivity index (χ1v) is 6.16. The number of rotatable bonds is 6. The van der Waals surface area contributed by atoms with E-state index in [0.29, 0.717) is 19.4 Å². The molecule has 1 atom stereocenters. The predicted octanol–water partition coefficient (Wildman–Crippen LogP) is 0.467. The number of nitrogens with one attached hydrogen (secondary N) is 1. The van der Waals surface area contributed by atoms with E-state index in [1.807, 2.05) is 13.2 Å². The summed E-state index contributed by atoms with van der Waals surface area (Å²) in [6, 6.07) is -1.17. The molecule has 1 aromatic rings. The molecule has 0 bridgehead atoms. The Morgan fingerprint density at radius 3 is 2.74 bits per heavy atom. The Balaban J connectivity index is 2.40. The molecule has 1 unspecified atom stereocenters. The number of carboxylic acid groups (broad SMARTS) is 1. The molecule has 19 heavy (non-hydrogen) atoms. The third kappa shape index (κ3) is 4.27. The lowest BCUT2D eigenvalue weighted by Crippen LogP contribution is -2.47. The van der Waals surface area contributed by atoms with E-state index in [1.54, 1.807) is 17.8 Å². The van der Waals surface area contributed by atoms with Crippen molar-refractivity contribution in [2.24, 2.45) is 7.05 Å². The Kier molecular flexibility index (Phi) is 5.35. The number of hydrogen-bond acceptors (Lipinski definition) is 3. The van der Waals surface area contributed by atoms with Crippen molar-refractivity contribution in [3.8, 4) is 0 Å². The minimum Gasteiger partial charge on any atom is -0.480 e. The fraction of sp³-hybridized carbons (Fsp3) is 0.583. The number of nitrogens with zero attached hydrogens (tertiary/aromatic N) is 3. The average molecular weight is 268 g/mol. The van der Waals surface area contributed by atoms with Crippen LogP contribution >= 0.6 is 0 Å². The predicted molar refractivity (Wildman–Crippen MR) is 69.8 cm³/mol. The van der Waals surface area contributed by atoms with Gasteiger partial charge in [0.25, 0.3) is 0 Å². The van der Waals surface area contributed by atoms with Gasteiger partial charge in [-0.05, 0) is 18.4 Å². The maximum Gasteiger partial charge on any atom is 0.326 e. The van der Waals surface area contributed by atoms with Crippen LogP contribution in [0.5, 0.6) is 0 Å². The fourth-order valence-electron chi connectivity index (χ4n) is 1.80. The van der Waals surface area contributed by atoms with Crippen molar-refractivity contribution in [1.29, 1.82) is 0 Å². The summed E-state index contributed by atoms with van der Waals surface area (Å²) in [4.78, 5) is 23.9. The zero-order chi connectivity index (χ0) is 14.4. The third-order valence-corrected chi connectivity index (χ3v) is 2.91. The van der Waals surface area contributed by atoms with E-state index < -0.39 is 12.0 Å². The van der Waals surface area contributed by atoms with Crippen LogP contribution in [0, 0.1) is 0 Å². The highest BCUT2D eigenvalue weighted by Crippen LogP contribution is 2.02. The van der Waals surface area contributed by atoms with Gasteiger partial charge in [-0.2, -0.15) is 5.10 Å². The number of hydrogen-bond donors (Lipinski definition) is 2. The van der Waals surface area contributed by atoms with Crippen molar-refractivity contribution < 1.29 is 14.7 Å². The van der Waals surface area contributed by atoms with Crippen LogP contribution in [-0.2, 0) is 18.3 Å². The van der Waals surface area contributed by atoms with E-state index >= 15 is 0 Å². The lowest BCUT2D eigenvalue weighted by Gasteiger charge is -2.23. The second kappa shape index (κ2) is 6.77. The first kappa shape index (κ1) is 15.0. The number of likely N-dealkylation sites (N-methyl/N-ethyl adjacent to an activating group) is 1. The van der Waals surface area contributed by atoms with Crippen molar-refractivity contribution >= 4 is 12.0 Å². The lowest BCUT2D eigenvalue weighted by atomic mass is 10.2. The molecule has 0 aliphatic rings. The van der Waals surface area contributed by atoms with Crippen molar-refractivity contribution in [3.05, 3.63) is 18.0 Å². The molecule has 2 amide bonds. The Morgan fingerprint density at radius 2 is 2.26 bits per heavy atom. The van der Waals surface area contributed by atoms with E-state index in [4.69, 9.17) is 5.11 Å². The van der Waals surface area contributed by atoms with E-state index in [9.17, 15) is 9.59 Å². The van der Waals surface area contributed by atoms with Gasteiger partial charge in [0.15, 0.2) is 0 Å². The Bertz CT molecular complexity index is 444. The summed E-state index contributed by atoms with van der Waals surface area (Å²) in [7, 11) is 3.32. The van der Waals surface area contributed by atoms with Crippen molar-refractivity contribution in [2.75, 3.05) is 13.6 Å². The van der Waals surface area contributed by atoms with Crippen molar-refractivity contribution in [3.63, 3.8) is 0 Å². The minimum atomic E-state index is -0.993. The smallest absolute Gasteiger partial charge is 0.326 e. The number of carbonyl (C=O) groups is 2. The standard InChI is InChI=1S/C12H20N4O3/c1-4-10(11(17)18)16(3)12(19)13-6-5-9-7-14-15(2)8-9/h7-8,10H,4-6H2,1-3H3,(H,13,19)(H,17,18). The van der Waals surface area contributed by atoms with Crippen LogP contribution in [-0.4, -0.2) is 51.4 Å². The maximum absolute atomic E-state index is 11.8. The average Bonchev–Trinajstić information content (AvgIpc) is 2.75. The Hall–Kier alpha value is -2.05. The second-order valence-corrected chi connectivity index (χ2v) is 4.38. The molecule has 1 rings (SSSR count). The summed E-state index contributed by atoms with van der Waals surface area (Å²) < 4.78 is 1.70. The van der Waals surface area contributed by atoms with Crippen molar-refractivity contribution in [2.45, 2.75) is 25.8 Å². The summed E-state index contributed by atoms with van der Waals surface area (Å²) in [6.45, 7) is 2.18. The van der Waals surface area contributed by atoms with Gasteiger partial charge in [0.1, 0.15) is 6.04 Å². The van der Waals surface area contributed by atoms with Gasteiger partial charge in [0.2, 0.25) is 0 Å². The Labute approximate surface area is 112 Å². The first-order chi connectivity index (χ1) is 8.95. The van der Waals surface area contributed by atoms with Crippen LogP contribution < -0.4 is 5.32 Å². The summed E-state index contributed by atoms with van der Waals surface area (Å²) in [5.41, 5.74) is 1.02. The van der Waals surface area contributed by atoms with Crippen LogP contribution in [0.25, 0.3) is 0 Å². The quantitative estimate of drug-likeness (QED) is 0.785. The maximum atomic E-state index is 11.8. The van der Waals surface area contributed by atoms with Gasteiger partial charge in [0.05, 0.1) is 6.20 Å². The molecule has 1 aromatic heterocycles. The Morgan fingerprint density at radius 1 is 1.58 bits per heavy atom. The molecule has 0 aliphatic heterocycles. The topological polar surface area (TPSA) is 87.5 Å². The fourth-order valence-corrected chi connectivity index (χ4v) is 1.80. The molecule has 0 radical (unpaired) electrons. The molecule has 1 heterocycles. The molecule has 0 aliphatic carbocycles. The first-order valence-electron chi connectivity index (χ1n) is 6.16. The zero-order valence-electron chi connectivity index (χ0n) is 11.5. The van der Waals surface area contributed by atoms with Crippen molar-refractivity contribution in [1.82, 2.24) is 20.0 Å². The van der Waals surface area contributed by atoms with E-state index in [2.05, 4.69) is 10.4 Å². The number of carbonyl (C=O) groups excluding carboxylic acids is 1. The summed E-state index contributed by atoms with van der Waals surface area (Å²) >= 11 is 0. The third-order valence-electron chi connectivity index (χ3n) is 2.91. The monoisotopic (exact) mass is 268 g/mol. The lowest BCUT2D eigenvalue weighted by molar-refractivity contribution is -0.141. The molecule has 0 spiro atoms. The molecule has 0 aromatic carbocycles. The molecular formula is C12H20N4O3. The van der Waals surface area contributed by atoms with Gasteiger partial charge >= 0.3 is 12.0 Å². The van der Waals surface area contributed by atoms with Gasteiger partial charge < -0.3 is 15.3 Å². The largest absolute Gasteiger partial charge is 0.480 e. The summed E-state index contributed by atoms with van der Waals surface area (Å²) in [6.07, 6.45) is 4.66. The van der Waals surface area contributed by atoms with Gasteiger partial charge in [-0.25, -0.2) is 9.59 Å². The van der Waals surface area contributed by atoms with Gasteiger partial charge in [-0.3, -0.25) is 4.68 Å². The number of carboxylic acids is 1. The highest BCUT2D eigenvalue weighted by atomic mass is 16.4. The number of urea groups is 1. The van der Waals surface area contributed by atoms with E-state index in [0.717, 1.165) is 5.56 Å². The zero-order valence-corrected chi connectivity index (χ0v) is 11.5. The molecule has 0 fully saturated rings. The molecule has 0 saturated carbocycles. The molecule has 7 nitrogen and oxygen atoms in total. The number of aliphatic carboxylic acids is 1. The molecule has 2 N–H and O–H groups in total. The van der Waals surface area contributed by atoms with Crippen LogP contribution in [0.3, 0.4) is 0 Å². The highest BCUT2D eigenvalue weighted by Gasteiger charge is 2.24. The second-order valence-electron chi connectivity index (χ2n) is 4.38. The molecule has 106 valence electrons. The van der Waals surface area contributed by atoms with Gasteiger partial charge in [-0.1, -0.05) is 6.92 Å². The van der Waals surface area contributed by atoms with Crippen LogP contribution in [0.1, 0.15) is 18.9 Å². The van der Waals surface area contributed by atoms with Gasteiger partial charge in [0, 0.05) is 26.8 Å². The van der Waals surface area contributed by atoms with E-state index in [-0.39, 0.29) is 6.03 Å². The number of aromatic nitrogens is 2. The number of amides is 2. The van der Waals surface area contributed by atoms with Crippen LogP contribution in [0.4, 0.5) is 4.79 Å². The molecular weight excluding hydrogens is 248 g/mol. The molecule has 0 saturated heterocycles. The minimum absolute atomic E-state index is 0.377. The SMILES string of the molecule is CCC(C(=O)O)N(C)C(=O)NCCc1cnn(C)c1. The van der Waals surface area contributed by atoms with E-state index in [1.165, 1.54) is 11.9 Å². The summed E-state index contributed by atoms with van der Waals surface area (Å²) in [5.74, 6) is -0.993.